The molecule has 0 aliphatic heterocycles. The first-order valence-electron chi connectivity index (χ1n) is 16.9. The molecule has 0 saturated heterocycles. The van der Waals surface area contributed by atoms with Crippen LogP contribution in [0.25, 0.3) is 0 Å². The Hall–Kier alpha value is -1.84. The first kappa shape index (κ1) is 33.4. The summed E-state index contributed by atoms with van der Waals surface area (Å²) in [5, 5.41) is 6.12. The van der Waals surface area contributed by atoms with Crippen molar-refractivity contribution in [1.82, 2.24) is 5.32 Å². The third-order valence-electron chi connectivity index (χ3n) is 8.38. The highest BCUT2D eigenvalue weighted by atomic mass is 16.2. The Morgan fingerprint density at radius 3 is 1.51 bits per heavy atom. The first-order valence-corrected chi connectivity index (χ1v) is 16.9. The second-order valence-corrected chi connectivity index (χ2v) is 12.0. The molecule has 0 aromatic heterocycles. The summed E-state index contributed by atoms with van der Waals surface area (Å²) in [4.78, 5) is 24.7. The quantitative estimate of drug-likeness (QED) is 0.136. The third-order valence-corrected chi connectivity index (χ3v) is 8.38. The third kappa shape index (κ3) is 17.5. The van der Waals surface area contributed by atoms with E-state index in [0.29, 0.717) is 18.0 Å². The zero-order valence-electron chi connectivity index (χ0n) is 25.4. The van der Waals surface area contributed by atoms with Gasteiger partial charge >= 0.3 is 0 Å². The smallest absolute Gasteiger partial charge is 0.251 e. The van der Waals surface area contributed by atoms with Crippen LogP contribution < -0.4 is 10.6 Å². The number of carbonyl (C=O) groups is 2. The molecule has 0 heterocycles. The molecular formula is C35H60N2O2. The number of nitrogens with one attached hydrogen (secondary N) is 2. The van der Waals surface area contributed by atoms with Gasteiger partial charge in [0.2, 0.25) is 5.91 Å². The predicted molar refractivity (Wildman–Crippen MR) is 167 cm³/mol. The highest BCUT2D eigenvalue weighted by Crippen LogP contribution is 2.19. The molecular weight excluding hydrogens is 480 g/mol. The molecule has 0 radical (unpaired) electrons. The highest BCUT2D eigenvalue weighted by molar-refractivity contribution is 5.96. The summed E-state index contributed by atoms with van der Waals surface area (Å²) in [6, 6.07) is 7.61. The Kier molecular flexibility index (Phi) is 19.6. The molecule has 4 heteroatoms. The molecule has 1 aliphatic rings. The Morgan fingerprint density at radius 1 is 0.615 bits per heavy atom. The van der Waals surface area contributed by atoms with Crippen molar-refractivity contribution in [3.05, 3.63) is 29.8 Å². The summed E-state index contributed by atoms with van der Waals surface area (Å²) in [6.45, 7) is 2.29. The zero-order valence-corrected chi connectivity index (χ0v) is 25.4. The van der Waals surface area contributed by atoms with Crippen LogP contribution >= 0.6 is 0 Å². The number of anilines is 1. The van der Waals surface area contributed by atoms with Crippen molar-refractivity contribution in [2.45, 2.75) is 173 Å². The molecule has 2 rings (SSSR count). The van der Waals surface area contributed by atoms with E-state index in [1.807, 2.05) is 24.3 Å². The van der Waals surface area contributed by atoms with Crippen molar-refractivity contribution in [3.8, 4) is 0 Å². The van der Waals surface area contributed by atoms with Gasteiger partial charge in [-0.15, -0.1) is 0 Å². The van der Waals surface area contributed by atoms with E-state index in [-0.39, 0.29) is 11.8 Å². The van der Waals surface area contributed by atoms with Gasteiger partial charge in [0.15, 0.2) is 0 Å². The van der Waals surface area contributed by atoms with Gasteiger partial charge in [-0.25, -0.2) is 0 Å². The van der Waals surface area contributed by atoms with Gasteiger partial charge in [0, 0.05) is 23.7 Å². The van der Waals surface area contributed by atoms with Crippen molar-refractivity contribution in [1.29, 1.82) is 0 Å². The van der Waals surface area contributed by atoms with Crippen LogP contribution in [0, 0.1) is 0 Å². The van der Waals surface area contributed by atoms with Crippen LogP contribution in [0.15, 0.2) is 24.3 Å². The Morgan fingerprint density at radius 2 is 1.05 bits per heavy atom. The molecule has 0 unspecified atom stereocenters. The second kappa shape index (κ2) is 22.9. The average Bonchev–Trinajstić information content (AvgIpc) is 2.95. The van der Waals surface area contributed by atoms with Gasteiger partial charge in [-0.2, -0.15) is 0 Å². The van der Waals surface area contributed by atoms with Crippen molar-refractivity contribution in [3.63, 3.8) is 0 Å². The average molecular weight is 541 g/mol. The molecule has 2 N–H and O–H groups in total. The summed E-state index contributed by atoms with van der Waals surface area (Å²) in [5.74, 6) is 0.0650. The topological polar surface area (TPSA) is 58.2 Å². The van der Waals surface area contributed by atoms with E-state index in [0.717, 1.165) is 31.4 Å². The van der Waals surface area contributed by atoms with Crippen molar-refractivity contribution >= 4 is 17.5 Å². The van der Waals surface area contributed by atoms with Gasteiger partial charge in [0.1, 0.15) is 0 Å². The zero-order chi connectivity index (χ0) is 27.8. The molecule has 1 fully saturated rings. The maximum atomic E-state index is 12.4. The molecule has 1 aromatic rings. The lowest BCUT2D eigenvalue weighted by atomic mass is 9.95. The van der Waals surface area contributed by atoms with E-state index in [2.05, 4.69) is 17.6 Å². The molecule has 1 aromatic carbocycles. The second-order valence-electron chi connectivity index (χ2n) is 12.0. The fourth-order valence-corrected chi connectivity index (χ4v) is 5.81. The minimum absolute atomic E-state index is 0.00568. The number of rotatable bonds is 23. The molecule has 0 atom stereocenters. The Balaban J connectivity index is 1.35. The summed E-state index contributed by atoms with van der Waals surface area (Å²) >= 11 is 0. The van der Waals surface area contributed by atoms with Gasteiger partial charge in [-0.1, -0.05) is 142 Å². The number of hydrogen-bond donors (Lipinski definition) is 2. The lowest BCUT2D eigenvalue weighted by molar-refractivity contribution is -0.116. The van der Waals surface area contributed by atoms with Crippen molar-refractivity contribution in [2.75, 3.05) is 5.32 Å². The molecule has 1 saturated carbocycles. The van der Waals surface area contributed by atoms with Gasteiger partial charge in [-0.05, 0) is 43.5 Å². The van der Waals surface area contributed by atoms with Crippen LogP contribution in [0.4, 0.5) is 5.69 Å². The minimum Gasteiger partial charge on any atom is -0.349 e. The van der Waals surface area contributed by atoms with Crippen LogP contribution in [0.5, 0.6) is 0 Å². The molecule has 222 valence electrons. The monoisotopic (exact) mass is 540 g/mol. The number of hydrogen-bond acceptors (Lipinski definition) is 2. The molecule has 0 spiro atoms. The van der Waals surface area contributed by atoms with Gasteiger partial charge < -0.3 is 10.6 Å². The molecule has 1 aliphatic carbocycles. The maximum absolute atomic E-state index is 12.4. The first-order chi connectivity index (χ1) is 19.2. The van der Waals surface area contributed by atoms with Crippen LogP contribution in [0.2, 0.25) is 0 Å². The Labute approximate surface area is 240 Å². The Bertz CT molecular complexity index is 740. The van der Waals surface area contributed by atoms with Crippen LogP contribution in [0.1, 0.15) is 178 Å². The van der Waals surface area contributed by atoms with Crippen molar-refractivity contribution in [2.24, 2.45) is 0 Å². The van der Waals surface area contributed by atoms with Crippen LogP contribution in [-0.2, 0) is 4.79 Å². The lowest BCUT2D eigenvalue weighted by Crippen LogP contribution is -2.36. The van der Waals surface area contributed by atoms with E-state index in [1.54, 1.807) is 0 Å². The molecule has 2 amide bonds. The van der Waals surface area contributed by atoms with Gasteiger partial charge in [0.05, 0.1) is 0 Å². The summed E-state index contributed by atoms with van der Waals surface area (Å²) in [6.07, 6.45) is 32.3. The number of unbranched alkanes of at least 4 members (excludes halogenated alkanes) is 18. The lowest BCUT2D eigenvalue weighted by Gasteiger charge is -2.22. The van der Waals surface area contributed by atoms with Crippen molar-refractivity contribution < 1.29 is 9.59 Å². The van der Waals surface area contributed by atoms with Crippen LogP contribution in [-0.4, -0.2) is 17.9 Å². The standard InChI is InChI=1S/C35H60N2O2/c1-2-3-4-5-6-7-8-9-10-11-12-13-14-15-16-17-18-19-23-26-34(38)36-33-29-27-31(28-30-33)35(39)37-32-24-21-20-22-25-32/h27-30,32H,2-26H2,1H3,(H,36,38)(H,37,39). The normalized spacial score (nSPS) is 13.9. The fraction of sp³-hybridized carbons (Fsp3) is 0.771. The highest BCUT2D eigenvalue weighted by Gasteiger charge is 2.16. The minimum atomic E-state index is -0.00568. The van der Waals surface area contributed by atoms with E-state index < -0.39 is 0 Å². The SMILES string of the molecule is CCCCCCCCCCCCCCCCCCCCCC(=O)Nc1ccc(C(=O)NC2CCCCC2)cc1. The fourth-order valence-electron chi connectivity index (χ4n) is 5.81. The van der Waals surface area contributed by atoms with Gasteiger partial charge in [-0.3, -0.25) is 9.59 Å². The number of benzene rings is 1. The van der Waals surface area contributed by atoms with E-state index in [1.165, 1.54) is 128 Å². The molecule has 0 bridgehead atoms. The number of amides is 2. The molecule has 39 heavy (non-hydrogen) atoms. The summed E-state index contributed by atoms with van der Waals surface area (Å²) in [7, 11) is 0. The van der Waals surface area contributed by atoms with E-state index in [9.17, 15) is 9.59 Å². The predicted octanol–water partition coefficient (Wildman–Crippen LogP) is 10.5. The maximum Gasteiger partial charge on any atom is 0.251 e. The summed E-state index contributed by atoms with van der Waals surface area (Å²) in [5.41, 5.74) is 1.43. The molecule has 4 nitrogen and oxygen atoms in total. The van der Waals surface area contributed by atoms with Gasteiger partial charge in [0.25, 0.3) is 5.91 Å². The summed E-state index contributed by atoms with van der Waals surface area (Å²) < 4.78 is 0. The van der Waals surface area contributed by atoms with E-state index >= 15 is 0 Å². The van der Waals surface area contributed by atoms with Crippen LogP contribution in [0.3, 0.4) is 0 Å². The number of carbonyl (C=O) groups excluding carboxylic acids is 2. The van der Waals surface area contributed by atoms with E-state index in [4.69, 9.17) is 0 Å². The largest absolute Gasteiger partial charge is 0.349 e.